The third kappa shape index (κ3) is 2.42. The van der Waals surface area contributed by atoms with Gasteiger partial charge in [-0.15, -0.1) is 0 Å². The summed E-state index contributed by atoms with van der Waals surface area (Å²) in [4.78, 5) is 12.5. The quantitative estimate of drug-likeness (QED) is 0.800. The molecule has 0 spiro atoms. The number of rotatable bonds is 3. The van der Waals surface area contributed by atoms with Crippen molar-refractivity contribution in [1.82, 2.24) is 14.8 Å². The molecule has 6 nitrogen and oxygen atoms in total. The molecule has 1 aromatic heterocycles. The minimum absolute atomic E-state index is 0.178. The van der Waals surface area contributed by atoms with Gasteiger partial charge in [0.2, 0.25) is 11.0 Å². The molecule has 1 aliphatic rings. The summed E-state index contributed by atoms with van der Waals surface area (Å²) in [6, 6.07) is 0. The van der Waals surface area contributed by atoms with Crippen molar-refractivity contribution in [1.29, 1.82) is 0 Å². The van der Waals surface area contributed by atoms with E-state index < -0.39 is 5.41 Å². The molecule has 1 fully saturated rings. The molecule has 17 heavy (non-hydrogen) atoms. The van der Waals surface area contributed by atoms with Crippen molar-refractivity contribution >= 4 is 39.8 Å². The Kier molecular flexibility index (Phi) is 3.63. The first kappa shape index (κ1) is 12.3. The van der Waals surface area contributed by atoms with Crippen molar-refractivity contribution in [3.63, 3.8) is 0 Å². The summed E-state index contributed by atoms with van der Waals surface area (Å²) in [6.07, 6.45) is 4.48. The summed E-state index contributed by atoms with van der Waals surface area (Å²) in [5.74, 6) is -0.178. The second-order valence-electron chi connectivity index (χ2n) is 4.13. The van der Waals surface area contributed by atoms with Crippen LogP contribution in [0.3, 0.4) is 0 Å². The van der Waals surface area contributed by atoms with E-state index in [9.17, 15) is 4.79 Å². The Morgan fingerprint density at radius 2 is 2.12 bits per heavy atom. The van der Waals surface area contributed by atoms with Crippen LogP contribution in [0, 0.1) is 5.41 Å². The lowest BCUT2D eigenvalue weighted by Gasteiger charge is -2.34. The second kappa shape index (κ2) is 5.01. The predicted octanol–water partition coefficient (Wildman–Crippen LogP) is 1.11. The minimum atomic E-state index is -0.723. The van der Waals surface area contributed by atoms with Gasteiger partial charge in [-0.05, 0) is 18.1 Å². The molecular weight excluding hydrogens is 258 g/mol. The van der Waals surface area contributed by atoms with E-state index in [1.54, 1.807) is 0 Å². The zero-order valence-electron chi connectivity index (χ0n) is 9.18. The average Bonchev–Trinajstić information content (AvgIpc) is 2.82. The fourth-order valence-electron chi connectivity index (χ4n) is 2.14. The van der Waals surface area contributed by atoms with E-state index in [0.29, 0.717) is 18.0 Å². The smallest absolute Gasteiger partial charge is 0.239 e. The summed E-state index contributed by atoms with van der Waals surface area (Å²) in [7, 11) is 0. The first-order valence-corrected chi connectivity index (χ1v) is 6.60. The zero-order chi connectivity index (χ0) is 12.3. The summed E-state index contributed by atoms with van der Waals surface area (Å²) >= 11 is 6.11. The lowest BCUT2D eigenvalue weighted by atomic mass is 9.73. The fourth-order valence-corrected chi connectivity index (χ4v) is 2.80. The third-order valence-corrected chi connectivity index (χ3v) is 4.04. The number of nitrogens with zero attached hydrogens (tertiary/aromatic N) is 3. The van der Waals surface area contributed by atoms with Crippen LogP contribution in [0.1, 0.15) is 32.1 Å². The number of thiocarbonyl (C=S) groups is 1. The topological polar surface area (TPSA) is 93.8 Å². The van der Waals surface area contributed by atoms with E-state index in [-0.39, 0.29) is 10.9 Å². The van der Waals surface area contributed by atoms with Crippen molar-refractivity contribution < 1.29 is 4.79 Å². The average molecular weight is 271 g/mol. The maximum atomic E-state index is 12.3. The molecule has 0 saturated heterocycles. The van der Waals surface area contributed by atoms with Gasteiger partial charge in [-0.25, -0.2) is 0 Å². The van der Waals surface area contributed by atoms with Crippen LogP contribution >= 0.6 is 23.8 Å². The van der Waals surface area contributed by atoms with E-state index >= 15 is 0 Å². The second-order valence-corrected chi connectivity index (χ2v) is 5.30. The Hall–Kier alpha value is -1.15. The van der Waals surface area contributed by atoms with Crippen LogP contribution in [0.2, 0.25) is 0 Å². The molecule has 0 bridgehead atoms. The van der Waals surface area contributed by atoms with Crippen LogP contribution in [-0.2, 0) is 4.79 Å². The van der Waals surface area contributed by atoms with Crippen LogP contribution in [0.4, 0.5) is 5.13 Å². The van der Waals surface area contributed by atoms with Crippen LogP contribution in [0.15, 0.2) is 0 Å². The number of carbonyl (C=O) groups excluding carboxylic acids is 1. The van der Waals surface area contributed by atoms with E-state index in [2.05, 4.69) is 20.1 Å². The largest absolute Gasteiger partial charge is 0.392 e. The van der Waals surface area contributed by atoms with Crippen molar-refractivity contribution in [3.05, 3.63) is 0 Å². The molecule has 1 heterocycles. The zero-order valence-corrected chi connectivity index (χ0v) is 10.8. The highest BCUT2D eigenvalue weighted by atomic mass is 32.1. The first-order chi connectivity index (χ1) is 8.15. The van der Waals surface area contributed by atoms with Crippen molar-refractivity contribution in [2.45, 2.75) is 32.1 Å². The number of amides is 1. The lowest BCUT2D eigenvalue weighted by molar-refractivity contribution is -0.123. The van der Waals surface area contributed by atoms with Gasteiger partial charge in [0.25, 0.3) is 0 Å². The SMILES string of the molecule is NC(=S)C1(C(=O)Nc2nnns2)CCCCC1. The van der Waals surface area contributed by atoms with Gasteiger partial charge in [0.05, 0.1) is 10.4 Å². The molecule has 2 rings (SSSR count). The molecule has 1 amide bonds. The fraction of sp³-hybridized carbons (Fsp3) is 0.667. The normalized spacial score (nSPS) is 18.6. The summed E-state index contributed by atoms with van der Waals surface area (Å²) in [5, 5.41) is 10.2. The summed E-state index contributed by atoms with van der Waals surface area (Å²) < 4.78 is 3.59. The number of aromatic nitrogens is 3. The molecule has 1 aromatic rings. The maximum Gasteiger partial charge on any atom is 0.239 e. The Morgan fingerprint density at radius 3 is 2.65 bits per heavy atom. The van der Waals surface area contributed by atoms with Gasteiger partial charge in [-0.3, -0.25) is 10.1 Å². The lowest BCUT2D eigenvalue weighted by Crippen LogP contribution is -2.47. The Bertz CT molecular complexity index is 413. The number of hydrogen-bond donors (Lipinski definition) is 2. The van der Waals surface area contributed by atoms with Gasteiger partial charge in [0.15, 0.2) is 0 Å². The Labute approximate surface area is 108 Å². The molecule has 0 aliphatic heterocycles. The maximum absolute atomic E-state index is 12.3. The molecule has 8 heteroatoms. The van der Waals surface area contributed by atoms with Gasteiger partial charge in [-0.2, -0.15) is 0 Å². The van der Waals surface area contributed by atoms with E-state index in [1.807, 2.05) is 0 Å². The number of anilines is 1. The van der Waals surface area contributed by atoms with E-state index in [4.69, 9.17) is 18.0 Å². The number of nitrogens with one attached hydrogen (secondary N) is 1. The Morgan fingerprint density at radius 1 is 1.41 bits per heavy atom. The van der Waals surface area contributed by atoms with Gasteiger partial charge >= 0.3 is 0 Å². The molecule has 3 N–H and O–H groups in total. The molecule has 0 unspecified atom stereocenters. The number of nitrogens with two attached hydrogens (primary N) is 1. The third-order valence-electron chi connectivity index (χ3n) is 3.13. The monoisotopic (exact) mass is 271 g/mol. The number of carbonyl (C=O) groups is 1. The highest BCUT2D eigenvalue weighted by Gasteiger charge is 2.42. The summed E-state index contributed by atoms with van der Waals surface area (Å²) in [5.41, 5.74) is 5.03. The standard InChI is InChI=1S/C9H13N5OS2/c10-6(16)9(4-2-1-3-5-9)7(15)11-8-12-13-14-17-8/h1-5H2,(H2,10,16)(H,11,12,14,15). The van der Waals surface area contributed by atoms with Crippen LogP contribution < -0.4 is 11.1 Å². The minimum Gasteiger partial charge on any atom is -0.392 e. The van der Waals surface area contributed by atoms with Gasteiger partial charge < -0.3 is 5.73 Å². The molecule has 1 saturated carbocycles. The van der Waals surface area contributed by atoms with Gasteiger partial charge in [-0.1, -0.05) is 41.1 Å². The highest BCUT2D eigenvalue weighted by Crippen LogP contribution is 2.37. The van der Waals surface area contributed by atoms with Crippen LogP contribution in [0.5, 0.6) is 0 Å². The number of hydrogen-bond acceptors (Lipinski definition) is 6. The van der Waals surface area contributed by atoms with Gasteiger partial charge in [0, 0.05) is 11.5 Å². The van der Waals surface area contributed by atoms with Crippen molar-refractivity contribution in [2.75, 3.05) is 5.32 Å². The van der Waals surface area contributed by atoms with Crippen LogP contribution in [-0.4, -0.2) is 25.7 Å². The highest BCUT2D eigenvalue weighted by molar-refractivity contribution is 7.80. The molecule has 1 aliphatic carbocycles. The van der Waals surface area contributed by atoms with E-state index in [1.165, 1.54) is 0 Å². The molecule has 0 aromatic carbocycles. The molecule has 92 valence electrons. The summed E-state index contributed by atoms with van der Waals surface area (Å²) in [6.45, 7) is 0. The predicted molar refractivity (Wildman–Crippen MR) is 68.6 cm³/mol. The van der Waals surface area contributed by atoms with Crippen LogP contribution in [0.25, 0.3) is 0 Å². The molecular formula is C9H13N5OS2. The first-order valence-electron chi connectivity index (χ1n) is 5.41. The molecule has 0 atom stereocenters. The van der Waals surface area contributed by atoms with E-state index in [0.717, 1.165) is 30.8 Å². The Balaban J connectivity index is 2.15. The van der Waals surface area contributed by atoms with Crippen molar-refractivity contribution in [3.8, 4) is 0 Å². The van der Waals surface area contributed by atoms with Crippen molar-refractivity contribution in [2.24, 2.45) is 11.1 Å². The molecule has 0 radical (unpaired) electrons. The van der Waals surface area contributed by atoms with Gasteiger partial charge in [0.1, 0.15) is 0 Å².